The maximum absolute atomic E-state index is 10.1. The van der Waals surface area contributed by atoms with Gasteiger partial charge in [-0.3, -0.25) is 4.99 Å². The Bertz CT molecular complexity index is 626. The molecule has 0 bridgehead atoms. The molecule has 2 aromatic heterocycles. The number of aromatic nitrogens is 1. The second kappa shape index (κ2) is 7.13. The number of guanidine groups is 1. The van der Waals surface area contributed by atoms with E-state index in [4.69, 9.17) is 8.94 Å². The second-order valence-corrected chi connectivity index (χ2v) is 5.07. The van der Waals surface area contributed by atoms with E-state index in [1.165, 1.54) is 0 Å². The minimum atomic E-state index is -0.730. The van der Waals surface area contributed by atoms with Crippen molar-refractivity contribution in [2.24, 2.45) is 4.99 Å². The molecule has 0 aliphatic rings. The van der Waals surface area contributed by atoms with Crippen LogP contribution in [0.3, 0.4) is 0 Å². The lowest BCUT2D eigenvalue weighted by Crippen LogP contribution is -2.39. The van der Waals surface area contributed by atoms with Gasteiger partial charge in [-0.15, -0.1) is 0 Å². The fourth-order valence-electron chi connectivity index (χ4n) is 2.07. The molecule has 0 amide bonds. The normalized spacial score (nSPS) is 13.2. The molecular weight excluding hydrogens is 284 g/mol. The Morgan fingerprint density at radius 2 is 2.09 bits per heavy atom. The van der Waals surface area contributed by atoms with Gasteiger partial charge >= 0.3 is 0 Å². The van der Waals surface area contributed by atoms with Crippen LogP contribution in [0.2, 0.25) is 0 Å². The number of rotatable bonds is 5. The summed E-state index contributed by atoms with van der Waals surface area (Å²) in [6.45, 7) is 6.46. The quantitative estimate of drug-likeness (QED) is 0.573. The molecule has 2 rings (SSSR count). The number of hydrogen-bond acceptors (Lipinski definition) is 5. The van der Waals surface area contributed by atoms with Crippen LogP contribution in [0.4, 0.5) is 0 Å². The summed E-state index contributed by atoms with van der Waals surface area (Å²) in [5, 5.41) is 20.2. The van der Waals surface area contributed by atoms with Gasteiger partial charge in [-0.05, 0) is 32.9 Å². The summed E-state index contributed by atoms with van der Waals surface area (Å²) in [7, 11) is 1.67. The highest BCUT2D eigenvalue weighted by Crippen LogP contribution is 2.15. The van der Waals surface area contributed by atoms with Gasteiger partial charge in [0, 0.05) is 19.2 Å². The fraction of sp³-hybridized carbons (Fsp3) is 0.467. The molecule has 1 unspecified atom stereocenters. The first-order valence-corrected chi connectivity index (χ1v) is 7.12. The largest absolute Gasteiger partial charge is 0.464 e. The van der Waals surface area contributed by atoms with Gasteiger partial charge in [0.05, 0.1) is 12.2 Å². The zero-order valence-electron chi connectivity index (χ0n) is 13.3. The summed E-state index contributed by atoms with van der Waals surface area (Å²) in [6, 6.07) is 3.59. The van der Waals surface area contributed by atoms with Crippen molar-refractivity contribution in [3.8, 4) is 0 Å². The number of aryl methyl sites for hydroxylation is 3. The number of nitrogens with zero attached hydrogens (tertiary/aromatic N) is 2. The Morgan fingerprint density at radius 1 is 1.32 bits per heavy atom. The van der Waals surface area contributed by atoms with Gasteiger partial charge in [0.1, 0.15) is 23.4 Å². The number of aliphatic imine (C=N–C) groups is 1. The van der Waals surface area contributed by atoms with Crippen LogP contribution >= 0.6 is 0 Å². The molecule has 0 fully saturated rings. The van der Waals surface area contributed by atoms with E-state index in [-0.39, 0.29) is 0 Å². The molecule has 0 radical (unpaired) electrons. The lowest BCUT2D eigenvalue weighted by atomic mass is 10.2. The molecule has 0 saturated heterocycles. The molecule has 1 atom stereocenters. The Hall–Kier alpha value is -2.28. The SMILES string of the molecule is CN=C(NCc1c(C)noc1C)NCC(O)c1ccc(C)o1. The lowest BCUT2D eigenvalue weighted by Gasteiger charge is -2.14. The van der Waals surface area contributed by atoms with Crippen molar-refractivity contribution < 1.29 is 14.0 Å². The highest BCUT2D eigenvalue weighted by atomic mass is 16.5. The smallest absolute Gasteiger partial charge is 0.191 e. The molecule has 120 valence electrons. The predicted molar refractivity (Wildman–Crippen MR) is 82.6 cm³/mol. The van der Waals surface area contributed by atoms with Gasteiger partial charge in [0.15, 0.2) is 5.96 Å². The minimum absolute atomic E-state index is 0.300. The molecule has 7 heteroatoms. The monoisotopic (exact) mass is 306 g/mol. The third-order valence-electron chi connectivity index (χ3n) is 3.39. The number of nitrogens with one attached hydrogen (secondary N) is 2. The Kier molecular flexibility index (Phi) is 5.21. The van der Waals surface area contributed by atoms with Crippen molar-refractivity contribution in [3.05, 3.63) is 40.7 Å². The Labute approximate surface area is 129 Å². The van der Waals surface area contributed by atoms with Crippen LogP contribution in [-0.2, 0) is 6.54 Å². The van der Waals surface area contributed by atoms with Crippen LogP contribution in [0.5, 0.6) is 0 Å². The van der Waals surface area contributed by atoms with Gasteiger partial charge in [-0.1, -0.05) is 5.16 Å². The summed E-state index contributed by atoms with van der Waals surface area (Å²) in [4.78, 5) is 4.12. The van der Waals surface area contributed by atoms with Gasteiger partial charge < -0.3 is 24.7 Å². The van der Waals surface area contributed by atoms with Gasteiger partial charge in [0.25, 0.3) is 0 Å². The van der Waals surface area contributed by atoms with Crippen molar-refractivity contribution in [2.45, 2.75) is 33.4 Å². The number of aliphatic hydroxyl groups is 1. The first kappa shape index (κ1) is 16.1. The molecular formula is C15H22N4O3. The average molecular weight is 306 g/mol. The predicted octanol–water partition coefficient (Wildman–Crippen LogP) is 1.59. The van der Waals surface area contributed by atoms with Gasteiger partial charge in [-0.25, -0.2) is 0 Å². The lowest BCUT2D eigenvalue weighted by molar-refractivity contribution is 0.151. The Balaban J connectivity index is 1.85. The maximum atomic E-state index is 10.1. The maximum Gasteiger partial charge on any atom is 0.191 e. The van der Waals surface area contributed by atoms with Crippen LogP contribution < -0.4 is 10.6 Å². The summed E-state index contributed by atoms with van der Waals surface area (Å²) < 4.78 is 10.5. The highest BCUT2D eigenvalue weighted by molar-refractivity contribution is 5.79. The molecule has 7 nitrogen and oxygen atoms in total. The van der Waals surface area contributed by atoms with Gasteiger partial charge in [-0.2, -0.15) is 0 Å². The van der Waals surface area contributed by atoms with Crippen molar-refractivity contribution in [1.82, 2.24) is 15.8 Å². The second-order valence-electron chi connectivity index (χ2n) is 5.07. The molecule has 22 heavy (non-hydrogen) atoms. The molecule has 0 saturated carbocycles. The van der Waals surface area contributed by atoms with E-state index in [1.807, 2.05) is 26.8 Å². The van der Waals surface area contributed by atoms with E-state index in [1.54, 1.807) is 13.1 Å². The summed E-state index contributed by atoms with van der Waals surface area (Å²) in [6.07, 6.45) is -0.730. The van der Waals surface area contributed by atoms with E-state index >= 15 is 0 Å². The Morgan fingerprint density at radius 3 is 2.64 bits per heavy atom. The molecule has 2 heterocycles. The van der Waals surface area contributed by atoms with Crippen LogP contribution in [-0.4, -0.2) is 29.8 Å². The first-order valence-electron chi connectivity index (χ1n) is 7.12. The van der Waals surface area contributed by atoms with E-state index in [9.17, 15) is 5.11 Å². The van der Waals surface area contributed by atoms with Crippen molar-refractivity contribution in [1.29, 1.82) is 0 Å². The van der Waals surface area contributed by atoms with Crippen LogP contribution in [0, 0.1) is 20.8 Å². The first-order chi connectivity index (χ1) is 10.5. The van der Waals surface area contributed by atoms with Crippen molar-refractivity contribution in [2.75, 3.05) is 13.6 Å². The summed E-state index contributed by atoms with van der Waals surface area (Å²) in [5.74, 6) is 2.68. The van der Waals surface area contributed by atoms with Crippen LogP contribution in [0.1, 0.15) is 34.6 Å². The standard InChI is InChI=1S/C15H22N4O3/c1-9-5-6-14(21-9)13(20)8-18-15(16-4)17-7-12-10(2)19-22-11(12)3/h5-6,13,20H,7-8H2,1-4H3,(H2,16,17,18). The average Bonchev–Trinajstić information content (AvgIpc) is 3.06. The topological polar surface area (TPSA) is 95.8 Å². The summed E-state index contributed by atoms with van der Waals surface area (Å²) in [5.41, 5.74) is 1.86. The number of aliphatic hydroxyl groups excluding tert-OH is 1. The van der Waals surface area contributed by atoms with Crippen molar-refractivity contribution in [3.63, 3.8) is 0 Å². The van der Waals surface area contributed by atoms with Crippen LogP contribution in [0.25, 0.3) is 0 Å². The van der Waals surface area contributed by atoms with Gasteiger partial charge in [0.2, 0.25) is 0 Å². The third-order valence-corrected chi connectivity index (χ3v) is 3.39. The zero-order valence-corrected chi connectivity index (χ0v) is 13.3. The van der Waals surface area contributed by atoms with E-state index in [0.29, 0.717) is 24.8 Å². The van der Waals surface area contributed by atoms with Crippen LogP contribution in [0.15, 0.2) is 26.1 Å². The van der Waals surface area contributed by atoms with E-state index in [2.05, 4.69) is 20.8 Å². The minimum Gasteiger partial charge on any atom is -0.464 e. The molecule has 0 aliphatic carbocycles. The highest BCUT2D eigenvalue weighted by Gasteiger charge is 2.13. The molecule has 3 N–H and O–H groups in total. The molecule has 0 spiro atoms. The molecule has 0 aromatic carbocycles. The third kappa shape index (κ3) is 3.88. The molecule has 0 aliphatic heterocycles. The summed E-state index contributed by atoms with van der Waals surface area (Å²) >= 11 is 0. The van der Waals surface area contributed by atoms with E-state index < -0.39 is 6.10 Å². The van der Waals surface area contributed by atoms with E-state index in [0.717, 1.165) is 22.8 Å². The zero-order chi connectivity index (χ0) is 16.1. The fourth-order valence-corrected chi connectivity index (χ4v) is 2.07. The number of furan rings is 1. The number of hydrogen-bond donors (Lipinski definition) is 3. The van der Waals surface area contributed by atoms with Crippen molar-refractivity contribution >= 4 is 5.96 Å². The molecule has 2 aromatic rings.